The van der Waals surface area contributed by atoms with Gasteiger partial charge in [0.2, 0.25) is 5.82 Å². The fraction of sp³-hybridized carbons (Fsp3) is 0.263. The predicted molar refractivity (Wildman–Crippen MR) is 97.4 cm³/mol. The lowest BCUT2D eigenvalue weighted by Crippen LogP contribution is -2.36. The van der Waals surface area contributed by atoms with Crippen LogP contribution < -0.4 is 5.56 Å². The molecule has 1 N–H and O–H groups in total. The summed E-state index contributed by atoms with van der Waals surface area (Å²) >= 11 is 1.56. The van der Waals surface area contributed by atoms with E-state index in [0.717, 1.165) is 15.3 Å². The van der Waals surface area contributed by atoms with Crippen LogP contribution in [0.3, 0.4) is 0 Å². The predicted octanol–water partition coefficient (Wildman–Crippen LogP) is 4.21. The van der Waals surface area contributed by atoms with Gasteiger partial charge in [-0.25, -0.2) is 9.37 Å². The normalized spacial score (nSPS) is 14.9. The van der Waals surface area contributed by atoms with E-state index in [4.69, 9.17) is 0 Å². The van der Waals surface area contributed by atoms with Crippen LogP contribution in [0.1, 0.15) is 22.0 Å². The molecule has 1 aliphatic heterocycles. The summed E-state index contributed by atoms with van der Waals surface area (Å²) < 4.78 is 51.5. The SMILES string of the molecule is O=c1[nH]c(C(F)(F)F)nc2c1CN(Cc1ccc(-c3ccc(F)cc3)s1)CC2. The van der Waals surface area contributed by atoms with E-state index in [1.165, 1.54) is 12.1 Å². The third-order valence-corrected chi connectivity index (χ3v) is 5.71. The van der Waals surface area contributed by atoms with Gasteiger partial charge in [-0.1, -0.05) is 12.1 Å². The number of nitrogens with zero attached hydrogens (tertiary/aromatic N) is 2. The number of aromatic amines is 1. The van der Waals surface area contributed by atoms with Crippen LogP contribution in [0.5, 0.6) is 0 Å². The summed E-state index contributed by atoms with van der Waals surface area (Å²) in [7, 11) is 0. The maximum absolute atomic E-state index is 13.1. The Balaban J connectivity index is 1.50. The van der Waals surface area contributed by atoms with Crippen molar-refractivity contribution < 1.29 is 17.6 Å². The summed E-state index contributed by atoms with van der Waals surface area (Å²) in [6.07, 6.45) is -4.38. The Bertz CT molecular complexity index is 1060. The topological polar surface area (TPSA) is 49.0 Å². The first-order chi connectivity index (χ1) is 13.3. The van der Waals surface area contributed by atoms with Gasteiger partial charge in [0, 0.05) is 35.8 Å². The minimum absolute atomic E-state index is 0.213. The lowest BCUT2D eigenvalue weighted by molar-refractivity contribution is -0.145. The molecule has 0 saturated carbocycles. The molecule has 4 rings (SSSR count). The maximum Gasteiger partial charge on any atom is 0.449 e. The quantitative estimate of drug-likeness (QED) is 0.660. The largest absolute Gasteiger partial charge is 0.449 e. The highest BCUT2D eigenvalue weighted by Gasteiger charge is 2.35. The fourth-order valence-electron chi connectivity index (χ4n) is 3.20. The van der Waals surface area contributed by atoms with E-state index in [9.17, 15) is 22.4 Å². The standard InChI is InChI=1S/C19H15F4N3OS/c20-12-3-1-11(2-4-12)16-6-5-13(28-16)9-26-8-7-15-14(10-26)17(27)25-18(24-15)19(21,22)23/h1-6H,7-10H2,(H,24,25,27). The molecule has 28 heavy (non-hydrogen) atoms. The number of nitrogens with one attached hydrogen (secondary N) is 1. The van der Waals surface area contributed by atoms with Gasteiger partial charge in [0.1, 0.15) is 5.82 Å². The van der Waals surface area contributed by atoms with Gasteiger partial charge < -0.3 is 4.98 Å². The molecule has 146 valence electrons. The summed E-state index contributed by atoms with van der Waals surface area (Å²) in [6, 6.07) is 10.2. The summed E-state index contributed by atoms with van der Waals surface area (Å²) in [4.78, 5) is 21.6. The minimum atomic E-state index is -4.67. The Hall–Kier alpha value is -2.52. The fourth-order valence-corrected chi connectivity index (χ4v) is 4.26. The number of H-pyrrole nitrogens is 1. The Labute approximate surface area is 161 Å². The monoisotopic (exact) mass is 409 g/mol. The van der Waals surface area contributed by atoms with Crippen molar-refractivity contribution in [3.63, 3.8) is 0 Å². The molecular formula is C19H15F4N3OS. The van der Waals surface area contributed by atoms with E-state index in [1.807, 2.05) is 22.0 Å². The van der Waals surface area contributed by atoms with Crippen LogP contribution in [0.15, 0.2) is 41.2 Å². The second kappa shape index (κ2) is 7.14. The summed E-state index contributed by atoms with van der Waals surface area (Å²) in [5.41, 5.74) is 0.683. The van der Waals surface area contributed by atoms with Gasteiger partial charge in [0.15, 0.2) is 0 Å². The van der Waals surface area contributed by atoms with Crippen molar-refractivity contribution >= 4 is 11.3 Å². The van der Waals surface area contributed by atoms with Crippen LogP contribution in [-0.4, -0.2) is 21.4 Å². The zero-order valence-corrected chi connectivity index (χ0v) is 15.3. The molecule has 0 bridgehead atoms. The van der Waals surface area contributed by atoms with Crippen LogP contribution in [0.25, 0.3) is 10.4 Å². The first-order valence-electron chi connectivity index (χ1n) is 8.56. The Morgan fingerprint density at radius 2 is 1.89 bits per heavy atom. The highest BCUT2D eigenvalue weighted by molar-refractivity contribution is 7.15. The van der Waals surface area contributed by atoms with Crippen LogP contribution in [0.2, 0.25) is 0 Å². The molecular weight excluding hydrogens is 394 g/mol. The van der Waals surface area contributed by atoms with Gasteiger partial charge >= 0.3 is 6.18 Å². The molecule has 0 saturated heterocycles. The van der Waals surface area contributed by atoms with E-state index in [2.05, 4.69) is 4.98 Å². The average molecular weight is 409 g/mol. The number of hydrogen-bond donors (Lipinski definition) is 1. The molecule has 0 unspecified atom stereocenters. The van der Waals surface area contributed by atoms with Crippen molar-refractivity contribution in [2.75, 3.05) is 6.54 Å². The number of hydrogen-bond acceptors (Lipinski definition) is 4. The van der Waals surface area contributed by atoms with Gasteiger partial charge in [-0.05, 0) is 29.8 Å². The summed E-state index contributed by atoms with van der Waals surface area (Å²) in [5.74, 6) is -1.54. The third kappa shape index (κ3) is 3.85. The first kappa shape index (κ1) is 18.8. The Kier molecular flexibility index (Phi) is 4.80. The zero-order valence-electron chi connectivity index (χ0n) is 14.5. The highest BCUT2D eigenvalue weighted by Crippen LogP contribution is 2.30. The Morgan fingerprint density at radius 3 is 2.61 bits per heavy atom. The van der Waals surface area contributed by atoms with E-state index >= 15 is 0 Å². The minimum Gasteiger partial charge on any atom is -0.303 e. The molecule has 1 aromatic carbocycles. The van der Waals surface area contributed by atoms with Crippen molar-refractivity contribution in [2.45, 2.75) is 25.7 Å². The molecule has 9 heteroatoms. The summed E-state index contributed by atoms with van der Waals surface area (Å²) in [6.45, 7) is 1.34. The maximum atomic E-state index is 13.1. The molecule has 0 atom stereocenters. The van der Waals surface area contributed by atoms with Crippen molar-refractivity contribution in [3.8, 4) is 10.4 Å². The van der Waals surface area contributed by atoms with Crippen molar-refractivity contribution in [1.82, 2.24) is 14.9 Å². The van der Waals surface area contributed by atoms with Crippen molar-refractivity contribution in [2.24, 2.45) is 0 Å². The smallest absolute Gasteiger partial charge is 0.303 e. The number of aromatic nitrogens is 2. The van der Waals surface area contributed by atoms with Gasteiger partial charge in [0.25, 0.3) is 5.56 Å². The number of thiophene rings is 1. The first-order valence-corrected chi connectivity index (χ1v) is 9.37. The number of rotatable bonds is 3. The molecule has 1 aliphatic rings. The molecule has 0 fully saturated rings. The molecule has 4 nitrogen and oxygen atoms in total. The number of benzene rings is 1. The molecule has 0 amide bonds. The number of halogens is 4. The lowest BCUT2D eigenvalue weighted by atomic mass is 10.1. The van der Waals surface area contributed by atoms with Gasteiger partial charge in [-0.15, -0.1) is 11.3 Å². The molecule has 0 radical (unpaired) electrons. The van der Waals surface area contributed by atoms with E-state index in [0.29, 0.717) is 19.5 Å². The van der Waals surface area contributed by atoms with Crippen LogP contribution in [0, 0.1) is 5.82 Å². The van der Waals surface area contributed by atoms with Crippen LogP contribution in [0.4, 0.5) is 17.6 Å². The second-order valence-corrected chi connectivity index (χ2v) is 7.74. The highest BCUT2D eigenvalue weighted by atomic mass is 32.1. The van der Waals surface area contributed by atoms with E-state index < -0.39 is 17.6 Å². The van der Waals surface area contributed by atoms with E-state index in [-0.39, 0.29) is 23.6 Å². The van der Waals surface area contributed by atoms with Gasteiger partial charge in [-0.3, -0.25) is 9.69 Å². The lowest BCUT2D eigenvalue weighted by Gasteiger charge is -2.27. The van der Waals surface area contributed by atoms with Gasteiger partial charge in [-0.2, -0.15) is 13.2 Å². The van der Waals surface area contributed by atoms with E-state index in [1.54, 1.807) is 23.5 Å². The molecule has 0 aliphatic carbocycles. The zero-order chi connectivity index (χ0) is 19.9. The number of alkyl halides is 3. The second-order valence-electron chi connectivity index (χ2n) is 6.57. The van der Waals surface area contributed by atoms with Crippen LogP contribution >= 0.6 is 11.3 Å². The molecule has 0 spiro atoms. The molecule has 3 aromatic rings. The molecule has 3 heterocycles. The summed E-state index contributed by atoms with van der Waals surface area (Å²) in [5, 5.41) is 0. The van der Waals surface area contributed by atoms with Crippen molar-refractivity contribution in [3.05, 3.63) is 74.5 Å². The van der Waals surface area contributed by atoms with Gasteiger partial charge in [0.05, 0.1) is 11.3 Å². The average Bonchev–Trinajstić information content (AvgIpc) is 3.10. The Morgan fingerprint density at radius 1 is 1.14 bits per heavy atom. The number of fused-ring (bicyclic) bond motifs is 1. The van der Waals surface area contributed by atoms with Crippen LogP contribution in [-0.2, 0) is 25.7 Å². The van der Waals surface area contributed by atoms with Crippen molar-refractivity contribution in [1.29, 1.82) is 0 Å². The third-order valence-electron chi connectivity index (χ3n) is 4.59. The molecule has 2 aromatic heterocycles.